The molecule has 0 spiro atoms. The molecule has 7 nitrogen and oxygen atoms in total. The zero-order chi connectivity index (χ0) is 27.2. The van der Waals surface area contributed by atoms with Crippen molar-refractivity contribution in [3.8, 4) is 11.3 Å². The minimum Gasteiger partial charge on any atom is -0.345 e. The van der Waals surface area contributed by atoms with Crippen LogP contribution in [-0.2, 0) is 17.6 Å². The Hall–Kier alpha value is -3.97. The van der Waals surface area contributed by atoms with Crippen LogP contribution in [0.4, 0.5) is 0 Å². The number of benzene rings is 3. The molecule has 2 amide bonds. The number of nitroso groups, excluding NO2 is 1. The number of carbonyl (C=O) groups excluding carboxylic acids is 2. The van der Waals surface area contributed by atoms with Crippen molar-refractivity contribution in [2.45, 2.75) is 57.4 Å². The highest BCUT2D eigenvalue weighted by molar-refractivity contribution is 6.30. The summed E-state index contributed by atoms with van der Waals surface area (Å²) >= 11 is 6.09. The van der Waals surface area contributed by atoms with E-state index in [1.807, 2.05) is 24.3 Å². The van der Waals surface area contributed by atoms with Gasteiger partial charge in [0.05, 0.1) is 28.5 Å². The second-order valence-corrected chi connectivity index (χ2v) is 10.3. The lowest BCUT2D eigenvalue weighted by molar-refractivity contribution is -0.118. The summed E-state index contributed by atoms with van der Waals surface area (Å²) in [6.07, 6.45) is 5.96. The predicted octanol–water partition coefficient (Wildman–Crippen LogP) is 7.15. The van der Waals surface area contributed by atoms with Gasteiger partial charge in [0.15, 0.2) is 0 Å². The third-order valence-electron chi connectivity index (χ3n) is 7.20. The van der Waals surface area contributed by atoms with Gasteiger partial charge in [0.2, 0.25) is 0 Å². The standard InChI is InChI=1S/C31H29ClN4O3/c32-23-16-13-21(14-17-23)30-27(11-5-6-12-29(37)36-39)33-28-19-22(15-18-26(28)34-30)31(38)35-25-10-4-2-8-20-7-1-3-9-24(20)25/h1,3,7,9,13-19,25H,2,4-6,8,10-12H2,(H,35,38)/t25-/m1/s1. The molecule has 0 fully saturated rings. The average molecular weight is 541 g/mol. The lowest BCUT2D eigenvalue weighted by atomic mass is 9.98. The number of hydrogen-bond donors (Lipinski definition) is 1. The van der Waals surface area contributed by atoms with E-state index in [1.54, 1.807) is 24.3 Å². The Kier molecular flexibility index (Phi) is 8.37. The number of nitrogens with zero attached hydrogens (tertiary/aromatic N) is 3. The molecule has 8 heteroatoms. The van der Waals surface area contributed by atoms with Gasteiger partial charge >= 0.3 is 0 Å². The van der Waals surface area contributed by atoms with Crippen LogP contribution in [0.1, 0.15) is 71.7 Å². The van der Waals surface area contributed by atoms with Crippen molar-refractivity contribution in [3.05, 3.63) is 99.0 Å². The maximum Gasteiger partial charge on any atom is 0.286 e. The highest BCUT2D eigenvalue weighted by Gasteiger charge is 2.21. The van der Waals surface area contributed by atoms with Gasteiger partial charge in [0, 0.05) is 27.7 Å². The molecule has 0 bridgehead atoms. The van der Waals surface area contributed by atoms with E-state index in [1.165, 1.54) is 11.1 Å². The molecule has 5 rings (SSSR count). The van der Waals surface area contributed by atoms with Crippen molar-refractivity contribution in [1.82, 2.24) is 15.3 Å². The van der Waals surface area contributed by atoms with Crippen LogP contribution in [0.5, 0.6) is 0 Å². The fourth-order valence-corrected chi connectivity index (χ4v) is 5.30. The maximum atomic E-state index is 13.3. The first-order chi connectivity index (χ1) is 19.0. The number of carbonyl (C=O) groups is 2. The van der Waals surface area contributed by atoms with E-state index in [2.05, 4.69) is 28.7 Å². The number of hydrogen-bond acceptors (Lipinski definition) is 5. The molecule has 0 saturated carbocycles. The van der Waals surface area contributed by atoms with E-state index >= 15 is 0 Å². The van der Waals surface area contributed by atoms with Crippen LogP contribution in [0.2, 0.25) is 5.02 Å². The molecule has 39 heavy (non-hydrogen) atoms. The zero-order valence-corrected chi connectivity index (χ0v) is 22.3. The van der Waals surface area contributed by atoms with Crippen molar-refractivity contribution >= 4 is 34.4 Å². The molecule has 1 aliphatic carbocycles. The summed E-state index contributed by atoms with van der Waals surface area (Å²) < 4.78 is 0. The van der Waals surface area contributed by atoms with Crippen molar-refractivity contribution in [2.75, 3.05) is 0 Å². The van der Waals surface area contributed by atoms with Crippen molar-refractivity contribution < 1.29 is 9.59 Å². The monoisotopic (exact) mass is 540 g/mol. The fraction of sp³-hybridized carbons (Fsp3) is 0.290. The number of amides is 2. The van der Waals surface area contributed by atoms with Gasteiger partial charge in [-0.1, -0.05) is 54.4 Å². The van der Waals surface area contributed by atoms with Crippen LogP contribution in [0.25, 0.3) is 22.3 Å². The number of aromatic nitrogens is 2. The summed E-state index contributed by atoms with van der Waals surface area (Å²) in [6, 6.07) is 21.1. The summed E-state index contributed by atoms with van der Waals surface area (Å²) in [6.45, 7) is 0. The van der Waals surface area contributed by atoms with Gasteiger partial charge in [-0.15, -0.1) is 4.91 Å². The van der Waals surface area contributed by atoms with Crippen LogP contribution in [-0.4, -0.2) is 21.8 Å². The second kappa shape index (κ2) is 12.3. The van der Waals surface area contributed by atoms with Crippen molar-refractivity contribution in [2.24, 2.45) is 5.18 Å². The number of halogens is 1. The van der Waals surface area contributed by atoms with E-state index in [0.29, 0.717) is 40.9 Å². The van der Waals surface area contributed by atoms with E-state index < -0.39 is 5.91 Å². The van der Waals surface area contributed by atoms with E-state index in [4.69, 9.17) is 21.6 Å². The van der Waals surface area contributed by atoms with Crippen molar-refractivity contribution in [1.29, 1.82) is 0 Å². The molecule has 0 radical (unpaired) electrons. The van der Waals surface area contributed by atoms with Crippen molar-refractivity contribution in [3.63, 3.8) is 0 Å². The van der Waals surface area contributed by atoms with E-state index in [9.17, 15) is 14.5 Å². The summed E-state index contributed by atoms with van der Waals surface area (Å²) in [5.41, 5.74) is 6.70. The predicted molar refractivity (Wildman–Crippen MR) is 153 cm³/mol. The molecule has 1 atom stereocenters. The molecule has 4 aromatic rings. The molecule has 1 N–H and O–H groups in total. The first-order valence-electron chi connectivity index (χ1n) is 13.3. The van der Waals surface area contributed by atoms with E-state index in [-0.39, 0.29) is 18.4 Å². The summed E-state index contributed by atoms with van der Waals surface area (Å²) in [4.78, 5) is 44.8. The van der Waals surface area contributed by atoms with Crippen LogP contribution in [0.3, 0.4) is 0 Å². The quantitative estimate of drug-likeness (QED) is 0.145. The van der Waals surface area contributed by atoms with Gasteiger partial charge in [-0.25, -0.2) is 9.97 Å². The molecule has 0 saturated heterocycles. The Morgan fingerprint density at radius 1 is 0.949 bits per heavy atom. The number of rotatable bonds is 8. The Morgan fingerprint density at radius 3 is 2.59 bits per heavy atom. The third kappa shape index (κ3) is 6.37. The summed E-state index contributed by atoms with van der Waals surface area (Å²) in [5, 5.41) is 6.34. The highest BCUT2D eigenvalue weighted by Crippen LogP contribution is 2.30. The molecule has 1 heterocycles. The normalized spacial score (nSPS) is 14.8. The molecular formula is C31H29ClN4O3. The number of nitrogens with one attached hydrogen (secondary N) is 1. The van der Waals surface area contributed by atoms with Gasteiger partial charge < -0.3 is 5.32 Å². The molecule has 3 aromatic carbocycles. The largest absolute Gasteiger partial charge is 0.345 e. The Balaban J connectivity index is 1.43. The molecule has 198 valence electrons. The minimum absolute atomic E-state index is 0.0237. The molecular weight excluding hydrogens is 512 g/mol. The Bertz CT molecular complexity index is 1520. The Morgan fingerprint density at radius 2 is 1.77 bits per heavy atom. The maximum absolute atomic E-state index is 13.3. The SMILES string of the molecule is O=NC(=O)CCCCc1nc2cc(C(=O)N[C@@H]3CCCCc4ccccc43)ccc2nc1-c1ccc(Cl)cc1. The molecule has 0 aliphatic heterocycles. The van der Waals surface area contributed by atoms with Crippen LogP contribution in [0.15, 0.2) is 71.9 Å². The smallest absolute Gasteiger partial charge is 0.286 e. The molecule has 0 unspecified atom stereocenters. The first kappa shape index (κ1) is 26.6. The van der Waals surface area contributed by atoms with Gasteiger partial charge in [0.25, 0.3) is 11.8 Å². The van der Waals surface area contributed by atoms with Crippen LogP contribution >= 0.6 is 11.6 Å². The van der Waals surface area contributed by atoms with Crippen LogP contribution < -0.4 is 5.32 Å². The lowest BCUT2D eigenvalue weighted by Gasteiger charge is -2.19. The minimum atomic E-state index is -0.649. The van der Waals surface area contributed by atoms with Gasteiger partial charge in [0.1, 0.15) is 0 Å². The molecule has 1 aliphatic rings. The average Bonchev–Trinajstić information content (AvgIpc) is 3.17. The topological polar surface area (TPSA) is 101 Å². The highest BCUT2D eigenvalue weighted by atomic mass is 35.5. The first-order valence-corrected chi connectivity index (χ1v) is 13.7. The van der Waals surface area contributed by atoms with Gasteiger partial charge in [-0.3, -0.25) is 9.59 Å². The number of unbranched alkanes of at least 4 members (excludes halogenated alkanes) is 1. The Labute approximate surface area is 232 Å². The zero-order valence-electron chi connectivity index (χ0n) is 21.5. The number of fused-ring (bicyclic) bond motifs is 2. The molecule has 1 aromatic heterocycles. The number of aryl methyl sites for hydroxylation is 2. The van der Waals surface area contributed by atoms with Crippen LogP contribution in [0, 0.1) is 4.91 Å². The second-order valence-electron chi connectivity index (χ2n) is 9.89. The lowest BCUT2D eigenvalue weighted by Crippen LogP contribution is -2.28. The van der Waals surface area contributed by atoms with E-state index in [0.717, 1.165) is 42.6 Å². The summed E-state index contributed by atoms with van der Waals surface area (Å²) in [7, 11) is 0. The summed E-state index contributed by atoms with van der Waals surface area (Å²) in [5.74, 6) is -0.784. The van der Waals surface area contributed by atoms with Gasteiger partial charge in [-0.2, -0.15) is 0 Å². The third-order valence-corrected chi connectivity index (χ3v) is 7.45. The fourth-order valence-electron chi connectivity index (χ4n) is 5.17. The van der Waals surface area contributed by atoms with Gasteiger partial charge in [-0.05, 0) is 80.0 Å².